The van der Waals surface area contributed by atoms with Crippen molar-refractivity contribution in [3.8, 4) is 11.1 Å². The molecule has 188 valence electrons. The van der Waals surface area contributed by atoms with Crippen LogP contribution in [0.3, 0.4) is 0 Å². The largest absolute Gasteiger partial charge is 0.342 e. The molecule has 37 heavy (non-hydrogen) atoms. The third-order valence-electron chi connectivity index (χ3n) is 8.73. The second-order valence-corrected chi connectivity index (χ2v) is 11.3. The number of rotatable bonds is 5. The van der Waals surface area contributed by atoms with Crippen molar-refractivity contribution in [1.29, 1.82) is 0 Å². The van der Waals surface area contributed by atoms with Crippen molar-refractivity contribution in [3.05, 3.63) is 66.5 Å². The Labute approximate surface area is 217 Å². The van der Waals surface area contributed by atoms with Crippen molar-refractivity contribution in [2.75, 3.05) is 19.6 Å². The Hall–Kier alpha value is -3.54. The van der Waals surface area contributed by atoms with Crippen LogP contribution in [-0.4, -0.2) is 57.6 Å². The molecule has 3 fully saturated rings. The fourth-order valence-corrected chi connectivity index (χ4v) is 6.44. The number of nitrogens with zero attached hydrogens (tertiary/aromatic N) is 4. The lowest BCUT2D eigenvalue weighted by Crippen LogP contribution is -2.44. The highest BCUT2D eigenvalue weighted by atomic mass is 16.2. The van der Waals surface area contributed by atoms with Crippen molar-refractivity contribution in [2.24, 2.45) is 16.8 Å². The molecule has 1 unspecified atom stereocenters. The lowest BCUT2D eigenvalue weighted by Gasteiger charge is -2.25. The van der Waals surface area contributed by atoms with Gasteiger partial charge in [-0.1, -0.05) is 49.2 Å². The smallest absolute Gasteiger partial charge is 0.256 e. The van der Waals surface area contributed by atoms with Crippen molar-refractivity contribution >= 4 is 28.4 Å². The molecule has 4 aliphatic rings. The van der Waals surface area contributed by atoms with Gasteiger partial charge in [0.25, 0.3) is 5.91 Å². The first kappa shape index (κ1) is 22.6. The molecular weight excluding hydrogens is 460 g/mol. The van der Waals surface area contributed by atoms with Gasteiger partial charge < -0.3 is 4.90 Å². The molecule has 6 nitrogen and oxygen atoms in total. The van der Waals surface area contributed by atoms with E-state index in [0.29, 0.717) is 18.4 Å². The molecular formula is C31H32N4O2. The monoisotopic (exact) mass is 492 g/mol. The van der Waals surface area contributed by atoms with Crippen LogP contribution >= 0.6 is 0 Å². The molecule has 1 atom stereocenters. The number of aromatic nitrogens is 1. The first-order valence-corrected chi connectivity index (χ1v) is 13.7. The van der Waals surface area contributed by atoms with Gasteiger partial charge in [0.1, 0.15) is 11.4 Å². The molecule has 0 N–H and O–H groups in total. The average molecular weight is 493 g/mol. The minimum absolute atomic E-state index is 0.165. The summed E-state index contributed by atoms with van der Waals surface area (Å²) in [6, 6.07) is 16.9. The van der Waals surface area contributed by atoms with Gasteiger partial charge >= 0.3 is 0 Å². The molecule has 1 spiro atoms. The molecule has 3 aromatic rings. The number of carbonyl (C=O) groups is 2. The molecule has 1 aromatic heterocycles. The van der Waals surface area contributed by atoms with E-state index in [2.05, 4.69) is 47.4 Å². The van der Waals surface area contributed by atoms with Gasteiger partial charge in [-0.15, -0.1) is 0 Å². The highest BCUT2D eigenvalue weighted by Gasteiger charge is 2.50. The third-order valence-corrected chi connectivity index (χ3v) is 8.73. The number of carbonyl (C=O) groups excluding carboxylic acids is 2. The van der Waals surface area contributed by atoms with Gasteiger partial charge in [0, 0.05) is 48.9 Å². The molecule has 2 aromatic carbocycles. The standard InChI is InChI=1S/C31H32N4O2/c36-29(25-8-9-25)34-16-12-21(19-34)20-35-28(33-31(30(35)37)13-1-2-14-31)24-6-3-22(4-7-24)26-10-5-23-11-15-32-18-27(23)17-26/h3-7,10-11,15,17-18,21,25H,1-2,8-9,12-14,16,19-20H2. The Morgan fingerprint density at radius 3 is 2.46 bits per heavy atom. The van der Waals surface area contributed by atoms with E-state index in [1.807, 2.05) is 28.3 Å². The number of amidine groups is 1. The molecule has 0 bridgehead atoms. The molecule has 2 saturated carbocycles. The van der Waals surface area contributed by atoms with E-state index in [-0.39, 0.29) is 11.8 Å². The maximum Gasteiger partial charge on any atom is 0.256 e. The van der Waals surface area contributed by atoms with Crippen molar-refractivity contribution in [1.82, 2.24) is 14.8 Å². The molecule has 1 saturated heterocycles. The van der Waals surface area contributed by atoms with Crippen LogP contribution in [-0.2, 0) is 9.59 Å². The van der Waals surface area contributed by atoms with Crippen LogP contribution in [0.1, 0.15) is 50.5 Å². The van der Waals surface area contributed by atoms with Crippen LogP contribution in [0.15, 0.2) is 65.9 Å². The third kappa shape index (κ3) is 4.03. The van der Waals surface area contributed by atoms with E-state index in [1.165, 1.54) is 5.39 Å². The second kappa shape index (κ2) is 8.79. The van der Waals surface area contributed by atoms with Crippen LogP contribution in [0.5, 0.6) is 0 Å². The summed E-state index contributed by atoms with van der Waals surface area (Å²) >= 11 is 0. The zero-order chi connectivity index (χ0) is 25.0. The van der Waals surface area contributed by atoms with Crippen LogP contribution < -0.4 is 0 Å². The Morgan fingerprint density at radius 1 is 0.919 bits per heavy atom. The average Bonchev–Trinajstić information content (AvgIpc) is 3.39. The summed E-state index contributed by atoms with van der Waals surface area (Å²) in [4.78, 5) is 39.7. The van der Waals surface area contributed by atoms with Gasteiger partial charge in [0.2, 0.25) is 5.91 Å². The van der Waals surface area contributed by atoms with Crippen molar-refractivity contribution < 1.29 is 9.59 Å². The molecule has 0 radical (unpaired) electrons. The first-order valence-electron chi connectivity index (χ1n) is 13.7. The van der Waals surface area contributed by atoms with E-state index < -0.39 is 5.54 Å². The summed E-state index contributed by atoms with van der Waals surface area (Å²) in [5.74, 6) is 1.85. The summed E-state index contributed by atoms with van der Waals surface area (Å²) in [6.07, 6.45) is 10.5. The molecule has 2 aliphatic carbocycles. The SMILES string of the molecule is O=C(C1CC1)N1CCC(CN2C(=O)C3(CCCC3)N=C2c2ccc(-c3ccc4ccncc4c3)cc2)C1. The van der Waals surface area contributed by atoms with E-state index in [4.69, 9.17) is 4.99 Å². The summed E-state index contributed by atoms with van der Waals surface area (Å²) in [5, 5.41) is 2.30. The van der Waals surface area contributed by atoms with Crippen LogP contribution in [0.4, 0.5) is 0 Å². The van der Waals surface area contributed by atoms with Crippen LogP contribution in [0, 0.1) is 11.8 Å². The normalized spacial score (nSPS) is 22.9. The minimum Gasteiger partial charge on any atom is -0.342 e. The molecule has 3 heterocycles. The maximum absolute atomic E-state index is 13.8. The number of hydrogen-bond acceptors (Lipinski definition) is 4. The Balaban J connectivity index is 1.15. The fourth-order valence-electron chi connectivity index (χ4n) is 6.44. The van der Waals surface area contributed by atoms with E-state index in [9.17, 15) is 9.59 Å². The highest BCUT2D eigenvalue weighted by Crippen LogP contribution is 2.41. The number of pyridine rings is 1. The van der Waals surface area contributed by atoms with Crippen LogP contribution in [0.2, 0.25) is 0 Å². The Bertz CT molecular complexity index is 1400. The van der Waals surface area contributed by atoms with Crippen LogP contribution in [0.25, 0.3) is 21.9 Å². The molecule has 2 amide bonds. The van der Waals surface area contributed by atoms with Crippen molar-refractivity contribution in [2.45, 2.75) is 50.5 Å². The highest BCUT2D eigenvalue weighted by molar-refractivity contribution is 6.15. The quantitative estimate of drug-likeness (QED) is 0.500. The predicted molar refractivity (Wildman–Crippen MR) is 144 cm³/mol. The Kier molecular flexibility index (Phi) is 5.38. The van der Waals surface area contributed by atoms with Gasteiger partial charge in [-0.05, 0) is 66.7 Å². The second-order valence-electron chi connectivity index (χ2n) is 11.3. The minimum atomic E-state index is -0.582. The summed E-state index contributed by atoms with van der Waals surface area (Å²) in [6.45, 7) is 2.22. The number of benzene rings is 2. The first-order chi connectivity index (χ1) is 18.1. The van der Waals surface area contributed by atoms with E-state index in [0.717, 1.165) is 85.9 Å². The lowest BCUT2D eigenvalue weighted by molar-refractivity contribution is -0.131. The zero-order valence-electron chi connectivity index (χ0n) is 21.1. The zero-order valence-corrected chi connectivity index (χ0v) is 21.1. The van der Waals surface area contributed by atoms with Gasteiger partial charge in [0.15, 0.2) is 0 Å². The van der Waals surface area contributed by atoms with Gasteiger partial charge in [0.05, 0.1) is 0 Å². The Morgan fingerprint density at radius 2 is 1.68 bits per heavy atom. The topological polar surface area (TPSA) is 65.9 Å². The molecule has 7 rings (SSSR count). The van der Waals surface area contributed by atoms with E-state index >= 15 is 0 Å². The summed E-state index contributed by atoms with van der Waals surface area (Å²) in [7, 11) is 0. The number of aliphatic imine (C=N–C) groups is 1. The fraction of sp³-hybridized carbons (Fsp3) is 0.419. The van der Waals surface area contributed by atoms with E-state index in [1.54, 1.807) is 0 Å². The predicted octanol–water partition coefficient (Wildman–Crippen LogP) is 5.06. The van der Waals surface area contributed by atoms with Gasteiger partial charge in [-0.25, -0.2) is 0 Å². The summed E-state index contributed by atoms with van der Waals surface area (Å²) in [5.41, 5.74) is 2.69. The molecule has 6 heteroatoms. The number of fused-ring (bicyclic) bond motifs is 1. The van der Waals surface area contributed by atoms with Gasteiger partial charge in [-0.2, -0.15) is 0 Å². The number of likely N-dealkylation sites (tertiary alicyclic amines) is 1. The molecule has 2 aliphatic heterocycles. The number of amides is 2. The van der Waals surface area contributed by atoms with Gasteiger partial charge in [-0.3, -0.25) is 24.5 Å². The number of hydrogen-bond donors (Lipinski definition) is 0. The lowest BCUT2D eigenvalue weighted by atomic mass is 9.97. The van der Waals surface area contributed by atoms with Crippen molar-refractivity contribution in [3.63, 3.8) is 0 Å². The maximum atomic E-state index is 13.8. The summed E-state index contributed by atoms with van der Waals surface area (Å²) < 4.78 is 0.